The van der Waals surface area contributed by atoms with Crippen molar-refractivity contribution < 1.29 is 18.0 Å². The Balaban J connectivity index is 1.41. The van der Waals surface area contributed by atoms with Crippen molar-refractivity contribution in [2.24, 2.45) is 5.92 Å². The Kier molecular flexibility index (Phi) is 6.11. The van der Waals surface area contributed by atoms with Gasteiger partial charge >= 0.3 is 0 Å². The smallest absolute Gasteiger partial charge is 0.270 e. The summed E-state index contributed by atoms with van der Waals surface area (Å²) in [7, 11) is -3.20. The minimum Gasteiger partial charge on any atom is -0.348 e. The zero-order valence-electron chi connectivity index (χ0n) is 17.5. The molecule has 1 fully saturated rings. The molecule has 0 spiro atoms. The molecule has 1 saturated heterocycles. The lowest BCUT2D eigenvalue weighted by molar-refractivity contribution is 0.0600. The number of rotatable bonds is 6. The number of halogens is 1. The number of hydrogen-bond acceptors (Lipinski definition) is 5. The van der Waals surface area contributed by atoms with Crippen LogP contribution < -0.4 is 10.9 Å². The van der Waals surface area contributed by atoms with Gasteiger partial charge in [-0.3, -0.25) is 14.4 Å². The molecule has 0 bridgehead atoms. The van der Waals surface area contributed by atoms with Crippen molar-refractivity contribution >= 4 is 33.4 Å². The van der Waals surface area contributed by atoms with Crippen molar-refractivity contribution in [3.63, 3.8) is 0 Å². The summed E-state index contributed by atoms with van der Waals surface area (Å²) in [5.41, 5.74) is 0.551. The molecule has 2 aliphatic heterocycles. The maximum Gasteiger partial charge on any atom is 0.270 e. The average molecular weight is 479 g/mol. The Hall–Kier alpha value is -2.69. The van der Waals surface area contributed by atoms with Crippen LogP contribution in [0.3, 0.4) is 0 Å². The van der Waals surface area contributed by atoms with Crippen molar-refractivity contribution in [2.45, 2.75) is 13.1 Å². The predicted molar refractivity (Wildman–Crippen MR) is 119 cm³/mol. The summed E-state index contributed by atoms with van der Waals surface area (Å²) in [6, 6.07) is 9.88. The third kappa shape index (κ3) is 4.57. The van der Waals surface area contributed by atoms with Crippen LogP contribution in [0.2, 0.25) is 5.02 Å². The van der Waals surface area contributed by atoms with Gasteiger partial charge in [-0.15, -0.1) is 0 Å². The van der Waals surface area contributed by atoms with E-state index in [0.29, 0.717) is 31.2 Å². The van der Waals surface area contributed by atoms with Gasteiger partial charge in [0.05, 0.1) is 6.26 Å². The van der Waals surface area contributed by atoms with Crippen molar-refractivity contribution in [3.8, 4) is 0 Å². The molecule has 0 aliphatic carbocycles. The Bertz CT molecular complexity index is 1220. The van der Waals surface area contributed by atoms with Crippen LogP contribution in [0.1, 0.15) is 26.4 Å². The van der Waals surface area contributed by atoms with E-state index in [9.17, 15) is 22.8 Å². The highest BCUT2D eigenvalue weighted by Gasteiger charge is 2.36. The summed E-state index contributed by atoms with van der Waals surface area (Å²) in [6.45, 7) is 2.07. The van der Waals surface area contributed by atoms with Gasteiger partial charge in [0.25, 0.3) is 17.4 Å². The van der Waals surface area contributed by atoms with Crippen LogP contribution in [0, 0.1) is 5.92 Å². The Labute approximate surface area is 190 Å². The molecule has 3 heterocycles. The van der Waals surface area contributed by atoms with Gasteiger partial charge in [0, 0.05) is 50.2 Å². The summed E-state index contributed by atoms with van der Waals surface area (Å²) in [5, 5.41) is 3.31. The van der Waals surface area contributed by atoms with Gasteiger partial charge in [0.2, 0.25) is 10.0 Å². The number of hydrogen-bond donors (Lipinski definition) is 1. The first-order valence-electron chi connectivity index (χ1n) is 10.1. The second kappa shape index (κ2) is 8.68. The first-order valence-corrected chi connectivity index (χ1v) is 12.4. The van der Waals surface area contributed by atoms with E-state index in [4.69, 9.17) is 11.6 Å². The van der Waals surface area contributed by atoms with Gasteiger partial charge in [-0.05, 0) is 29.8 Å². The maximum atomic E-state index is 12.9. The summed E-state index contributed by atoms with van der Waals surface area (Å²) < 4.78 is 25.7. The van der Waals surface area contributed by atoms with Crippen molar-refractivity contribution in [2.75, 3.05) is 32.4 Å². The van der Waals surface area contributed by atoms with Gasteiger partial charge in [-0.25, -0.2) is 12.7 Å². The van der Waals surface area contributed by atoms with E-state index in [1.807, 2.05) is 0 Å². The van der Waals surface area contributed by atoms with E-state index in [1.54, 1.807) is 29.2 Å². The standard InChI is InChI=1S/C21H23ClN4O5S/c1-32(30,31)25-12-15(13-25)11-24-8-9-26-18(21(24)29)7-6-17(20(26)28)19(27)23-10-14-2-4-16(22)5-3-14/h2-7,15H,8-13H2,1H3,(H,23,27). The molecule has 9 nitrogen and oxygen atoms in total. The van der Waals surface area contributed by atoms with E-state index in [2.05, 4.69) is 5.32 Å². The highest BCUT2D eigenvalue weighted by atomic mass is 35.5. The molecular formula is C21H23ClN4O5S. The molecular weight excluding hydrogens is 456 g/mol. The second-order valence-corrected chi connectivity index (χ2v) is 10.5. The zero-order valence-corrected chi connectivity index (χ0v) is 19.0. The second-order valence-electron chi connectivity index (χ2n) is 8.10. The molecule has 4 rings (SSSR count). The molecule has 2 amide bonds. The lowest BCUT2D eigenvalue weighted by Gasteiger charge is -2.41. The first kappa shape index (κ1) is 22.5. The monoisotopic (exact) mass is 478 g/mol. The van der Waals surface area contributed by atoms with Crippen LogP contribution in [-0.4, -0.2) is 66.4 Å². The highest BCUT2D eigenvalue weighted by molar-refractivity contribution is 7.88. The third-order valence-corrected chi connectivity index (χ3v) is 7.24. The quantitative estimate of drug-likeness (QED) is 0.660. The average Bonchev–Trinajstić information content (AvgIpc) is 2.70. The number of benzene rings is 1. The van der Waals surface area contributed by atoms with Crippen LogP contribution in [0.25, 0.3) is 0 Å². The van der Waals surface area contributed by atoms with E-state index in [1.165, 1.54) is 27.3 Å². The van der Waals surface area contributed by atoms with E-state index >= 15 is 0 Å². The summed E-state index contributed by atoms with van der Waals surface area (Å²) in [5.74, 6) is -0.727. The molecule has 0 unspecified atom stereocenters. The number of carbonyl (C=O) groups excluding carboxylic acids is 2. The van der Waals surface area contributed by atoms with Crippen molar-refractivity contribution in [3.05, 3.63) is 68.6 Å². The molecule has 0 saturated carbocycles. The number of carbonyl (C=O) groups is 2. The van der Waals surface area contributed by atoms with Crippen molar-refractivity contribution in [1.82, 2.24) is 19.1 Å². The van der Waals surface area contributed by atoms with Gasteiger partial charge in [0.1, 0.15) is 11.3 Å². The number of fused-ring (bicyclic) bond motifs is 1. The summed E-state index contributed by atoms with van der Waals surface area (Å²) in [6.07, 6.45) is 1.17. The van der Waals surface area contributed by atoms with Crippen LogP contribution in [0.5, 0.6) is 0 Å². The summed E-state index contributed by atoms with van der Waals surface area (Å²) >= 11 is 5.86. The van der Waals surface area contributed by atoms with Crippen molar-refractivity contribution in [1.29, 1.82) is 0 Å². The Morgan fingerprint density at radius 2 is 1.78 bits per heavy atom. The lowest BCUT2D eigenvalue weighted by Crippen LogP contribution is -2.55. The first-order chi connectivity index (χ1) is 15.1. The molecule has 2 aliphatic rings. The predicted octanol–water partition coefficient (Wildman–Crippen LogP) is 0.779. The fraction of sp³-hybridized carbons (Fsp3) is 0.381. The van der Waals surface area contributed by atoms with Crippen LogP contribution in [0.4, 0.5) is 0 Å². The lowest BCUT2D eigenvalue weighted by atomic mass is 10.0. The van der Waals surface area contributed by atoms with Crippen LogP contribution in [0.15, 0.2) is 41.2 Å². The fourth-order valence-electron chi connectivity index (χ4n) is 3.92. The normalized spacial score (nSPS) is 17.1. The number of nitrogens with one attached hydrogen (secondary N) is 1. The molecule has 32 heavy (non-hydrogen) atoms. The van der Waals surface area contributed by atoms with Gasteiger partial charge in [0.15, 0.2) is 0 Å². The topological polar surface area (TPSA) is 109 Å². The van der Waals surface area contributed by atoms with E-state index in [-0.39, 0.29) is 36.2 Å². The van der Waals surface area contributed by atoms with E-state index < -0.39 is 21.5 Å². The molecule has 0 atom stereocenters. The van der Waals surface area contributed by atoms with Gasteiger partial charge in [-0.2, -0.15) is 0 Å². The van der Waals surface area contributed by atoms with E-state index in [0.717, 1.165) is 5.56 Å². The molecule has 11 heteroatoms. The third-order valence-electron chi connectivity index (χ3n) is 5.76. The molecule has 1 N–H and O–H groups in total. The fourth-order valence-corrected chi connectivity index (χ4v) is 5.01. The molecule has 170 valence electrons. The minimum absolute atomic E-state index is 0.0215. The molecule has 1 aromatic carbocycles. The number of nitrogens with zero attached hydrogens (tertiary/aromatic N) is 3. The number of pyridine rings is 1. The minimum atomic E-state index is -3.20. The SMILES string of the molecule is CS(=O)(=O)N1CC(CN2CCn3c(ccc(C(=O)NCc4ccc(Cl)cc4)c3=O)C2=O)C1. The maximum absolute atomic E-state index is 12.9. The van der Waals surface area contributed by atoms with Gasteiger partial charge in [-0.1, -0.05) is 23.7 Å². The zero-order chi connectivity index (χ0) is 23.0. The Morgan fingerprint density at radius 1 is 1.09 bits per heavy atom. The molecule has 1 aromatic heterocycles. The van der Waals surface area contributed by atoms with Crippen LogP contribution in [-0.2, 0) is 23.1 Å². The molecule has 0 radical (unpaired) electrons. The largest absolute Gasteiger partial charge is 0.348 e. The van der Waals surface area contributed by atoms with Crippen LogP contribution >= 0.6 is 11.6 Å². The highest BCUT2D eigenvalue weighted by Crippen LogP contribution is 2.22. The Morgan fingerprint density at radius 3 is 2.44 bits per heavy atom. The number of sulfonamides is 1. The molecule has 2 aromatic rings. The van der Waals surface area contributed by atoms with Gasteiger partial charge < -0.3 is 14.8 Å². The summed E-state index contributed by atoms with van der Waals surface area (Å²) in [4.78, 5) is 39.9. The number of amides is 2. The number of aromatic nitrogens is 1.